The summed E-state index contributed by atoms with van der Waals surface area (Å²) in [4.78, 5) is 22.9. The van der Waals surface area contributed by atoms with Crippen LogP contribution in [0.15, 0.2) is 28.7 Å². The number of amides is 1. The molecule has 1 amide bonds. The lowest BCUT2D eigenvalue weighted by Crippen LogP contribution is -2.42. The molecule has 19 heavy (non-hydrogen) atoms. The third-order valence-electron chi connectivity index (χ3n) is 3.12. The number of rotatable bonds is 5. The van der Waals surface area contributed by atoms with E-state index in [1.165, 1.54) is 0 Å². The highest BCUT2D eigenvalue weighted by molar-refractivity contribution is 9.10. The lowest BCUT2D eigenvalue weighted by molar-refractivity contribution is -0.141. The first kappa shape index (κ1) is 15.7. The van der Waals surface area contributed by atoms with Gasteiger partial charge in [-0.15, -0.1) is 0 Å². The van der Waals surface area contributed by atoms with Crippen LogP contribution >= 0.6 is 15.9 Å². The van der Waals surface area contributed by atoms with Crippen molar-refractivity contribution in [3.63, 3.8) is 0 Å². The number of nitrogens with one attached hydrogen (secondary N) is 1. The van der Waals surface area contributed by atoms with Crippen LogP contribution in [0.5, 0.6) is 0 Å². The minimum atomic E-state index is -0.915. The molecule has 0 saturated carbocycles. The Balaban J connectivity index is 2.74. The topological polar surface area (TPSA) is 66.4 Å². The third kappa shape index (κ3) is 4.06. The molecule has 0 fully saturated rings. The molecule has 0 aliphatic carbocycles. The standard InChI is InChI=1S/C14H18BrNO3/c1-9(12(17)18)8-16-13(19)14(2,3)10-4-6-11(15)7-5-10/h4-7,9H,8H2,1-3H3,(H,16,19)(H,17,18)/t9-/m0/s1. The van der Waals surface area contributed by atoms with Gasteiger partial charge >= 0.3 is 5.97 Å². The number of benzene rings is 1. The highest BCUT2D eigenvalue weighted by Gasteiger charge is 2.30. The normalized spacial score (nSPS) is 12.8. The summed E-state index contributed by atoms with van der Waals surface area (Å²) in [5.74, 6) is -1.69. The van der Waals surface area contributed by atoms with Crippen LogP contribution in [-0.4, -0.2) is 23.5 Å². The quantitative estimate of drug-likeness (QED) is 0.873. The number of carboxylic acids is 1. The van der Waals surface area contributed by atoms with Crippen molar-refractivity contribution in [1.82, 2.24) is 5.32 Å². The molecule has 1 aromatic carbocycles. The van der Waals surface area contributed by atoms with E-state index in [-0.39, 0.29) is 12.5 Å². The van der Waals surface area contributed by atoms with E-state index >= 15 is 0 Å². The van der Waals surface area contributed by atoms with E-state index in [0.29, 0.717) is 0 Å². The molecule has 104 valence electrons. The predicted molar refractivity (Wildman–Crippen MR) is 77.0 cm³/mol. The van der Waals surface area contributed by atoms with Gasteiger partial charge in [0.25, 0.3) is 0 Å². The molecule has 0 saturated heterocycles. The number of carboxylic acid groups (broad SMARTS) is 1. The molecule has 1 atom stereocenters. The summed E-state index contributed by atoms with van der Waals surface area (Å²) in [5, 5.41) is 11.5. The molecule has 0 bridgehead atoms. The minimum absolute atomic E-state index is 0.133. The number of halogens is 1. The second kappa shape index (κ2) is 6.19. The highest BCUT2D eigenvalue weighted by atomic mass is 79.9. The molecule has 1 aromatic rings. The monoisotopic (exact) mass is 327 g/mol. The van der Waals surface area contributed by atoms with Gasteiger partial charge in [-0.2, -0.15) is 0 Å². The lowest BCUT2D eigenvalue weighted by Gasteiger charge is -2.24. The molecule has 5 heteroatoms. The molecule has 0 radical (unpaired) electrons. The van der Waals surface area contributed by atoms with Crippen molar-refractivity contribution in [2.75, 3.05) is 6.54 Å². The van der Waals surface area contributed by atoms with Crippen LogP contribution in [0.3, 0.4) is 0 Å². The third-order valence-corrected chi connectivity index (χ3v) is 3.65. The smallest absolute Gasteiger partial charge is 0.308 e. The van der Waals surface area contributed by atoms with Gasteiger partial charge in [-0.05, 0) is 31.5 Å². The molecule has 4 nitrogen and oxygen atoms in total. The summed E-state index contributed by atoms with van der Waals surface area (Å²) >= 11 is 3.35. The first-order valence-corrected chi connectivity index (χ1v) is 6.81. The maximum Gasteiger partial charge on any atom is 0.308 e. The van der Waals surface area contributed by atoms with Crippen molar-refractivity contribution in [2.24, 2.45) is 5.92 Å². The van der Waals surface area contributed by atoms with Crippen LogP contribution in [0.25, 0.3) is 0 Å². The zero-order chi connectivity index (χ0) is 14.6. The second-order valence-electron chi connectivity index (χ2n) is 5.08. The van der Waals surface area contributed by atoms with Gasteiger partial charge in [0.1, 0.15) is 0 Å². The van der Waals surface area contributed by atoms with Crippen LogP contribution in [0, 0.1) is 5.92 Å². The van der Waals surface area contributed by atoms with Crippen LogP contribution in [0.1, 0.15) is 26.3 Å². The van der Waals surface area contributed by atoms with Crippen molar-refractivity contribution in [2.45, 2.75) is 26.2 Å². The molecule has 1 rings (SSSR count). The fourth-order valence-electron chi connectivity index (χ4n) is 1.55. The van der Waals surface area contributed by atoms with Crippen molar-refractivity contribution >= 4 is 27.8 Å². The van der Waals surface area contributed by atoms with Gasteiger partial charge < -0.3 is 10.4 Å². The van der Waals surface area contributed by atoms with Gasteiger partial charge in [-0.3, -0.25) is 9.59 Å². The number of hydrogen-bond donors (Lipinski definition) is 2. The van der Waals surface area contributed by atoms with Gasteiger partial charge in [0.2, 0.25) is 5.91 Å². The largest absolute Gasteiger partial charge is 0.481 e. The van der Waals surface area contributed by atoms with Gasteiger partial charge in [0, 0.05) is 11.0 Å². The maximum atomic E-state index is 12.2. The van der Waals surface area contributed by atoms with Crippen molar-refractivity contribution < 1.29 is 14.7 Å². The molecular formula is C14H18BrNO3. The summed E-state index contributed by atoms with van der Waals surface area (Å²) in [5.41, 5.74) is 0.190. The Morgan fingerprint density at radius 3 is 2.32 bits per heavy atom. The molecule has 0 spiro atoms. The minimum Gasteiger partial charge on any atom is -0.481 e. The Morgan fingerprint density at radius 2 is 1.84 bits per heavy atom. The van der Waals surface area contributed by atoms with Crippen LogP contribution < -0.4 is 5.32 Å². The summed E-state index contributed by atoms with van der Waals surface area (Å²) < 4.78 is 0.951. The average Bonchev–Trinajstić information content (AvgIpc) is 2.35. The Kier molecular flexibility index (Phi) is 5.11. The molecule has 0 aliphatic rings. The van der Waals surface area contributed by atoms with Gasteiger partial charge in [-0.25, -0.2) is 0 Å². The summed E-state index contributed by atoms with van der Waals surface area (Å²) in [6.07, 6.45) is 0. The summed E-state index contributed by atoms with van der Waals surface area (Å²) in [6.45, 7) is 5.33. The number of carbonyl (C=O) groups excluding carboxylic acids is 1. The molecule has 0 heterocycles. The molecule has 0 aromatic heterocycles. The van der Waals surface area contributed by atoms with Crippen molar-refractivity contribution in [3.8, 4) is 0 Å². The zero-order valence-electron chi connectivity index (χ0n) is 11.2. The van der Waals surface area contributed by atoms with Crippen molar-refractivity contribution in [3.05, 3.63) is 34.3 Å². The SMILES string of the molecule is C[C@@H](CNC(=O)C(C)(C)c1ccc(Br)cc1)C(=O)O. The molecular weight excluding hydrogens is 310 g/mol. The molecule has 0 aliphatic heterocycles. The summed E-state index contributed by atoms with van der Waals surface area (Å²) in [7, 11) is 0. The van der Waals surface area contributed by atoms with E-state index in [1.807, 2.05) is 38.1 Å². The van der Waals surface area contributed by atoms with Crippen LogP contribution in [-0.2, 0) is 15.0 Å². The molecule has 2 N–H and O–H groups in total. The molecule has 0 unspecified atom stereocenters. The second-order valence-corrected chi connectivity index (χ2v) is 6.00. The highest BCUT2D eigenvalue weighted by Crippen LogP contribution is 2.25. The number of hydrogen-bond acceptors (Lipinski definition) is 2. The van der Waals surface area contributed by atoms with Gasteiger partial charge in [0.15, 0.2) is 0 Å². The van der Waals surface area contributed by atoms with Crippen LogP contribution in [0.2, 0.25) is 0 Å². The lowest BCUT2D eigenvalue weighted by atomic mass is 9.83. The first-order valence-electron chi connectivity index (χ1n) is 6.02. The average molecular weight is 328 g/mol. The van der Waals surface area contributed by atoms with E-state index in [0.717, 1.165) is 10.0 Å². The van der Waals surface area contributed by atoms with Gasteiger partial charge in [0.05, 0.1) is 11.3 Å². The zero-order valence-corrected chi connectivity index (χ0v) is 12.8. The van der Waals surface area contributed by atoms with Gasteiger partial charge in [-0.1, -0.05) is 35.0 Å². The Hall–Kier alpha value is -1.36. The Labute approximate surface area is 121 Å². The van der Waals surface area contributed by atoms with E-state index in [9.17, 15) is 9.59 Å². The first-order chi connectivity index (χ1) is 8.75. The summed E-state index contributed by atoms with van der Waals surface area (Å²) in [6, 6.07) is 7.52. The fourth-order valence-corrected chi connectivity index (χ4v) is 1.82. The van der Waals surface area contributed by atoms with Crippen molar-refractivity contribution in [1.29, 1.82) is 0 Å². The maximum absolute atomic E-state index is 12.2. The fraction of sp³-hybridized carbons (Fsp3) is 0.429. The van der Waals surface area contributed by atoms with Crippen LogP contribution in [0.4, 0.5) is 0 Å². The van der Waals surface area contributed by atoms with E-state index < -0.39 is 17.3 Å². The Morgan fingerprint density at radius 1 is 1.32 bits per heavy atom. The predicted octanol–water partition coefficient (Wildman–Crippen LogP) is 2.56. The number of aliphatic carboxylic acids is 1. The van der Waals surface area contributed by atoms with E-state index in [4.69, 9.17) is 5.11 Å². The van der Waals surface area contributed by atoms with E-state index in [1.54, 1.807) is 6.92 Å². The number of carbonyl (C=O) groups is 2. The Bertz CT molecular complexity index is 468. The van der Waals surface area contributed by atoms with E-state index in [2.05, 4.69) is 21.2 Å².